The van der Waals surface area contributed by atoms with E-state index in [4.69, 9.17) is 21.6 Å². The van der Waals surface area contributed by atoms with Crippen LogP contribution < -0.4 is 15.5 Å². The van der Waals surface area contributed by atoms with Gasteiger partial charge in [-0.2, -0.15) is 5.26 Å². The van der Waals surface area contributed by atoms with Crippen molar-refractivity contribution in [3.05, 3.63) is 53.1 Å². The Morgan fingerprint density at radius 3 is 2.81 bits per heavy atom. The molecule has 0 saturated carbocycles. The lowest BCUT2D eigenvalue weighted by atomic mass is 10.2. The molecule has 0 spiro atoms. The Bertz CT molecular complexity index is 829. The molecule has 134 valence electrons. The van der Waals surface area contributed by atoms with Gasteiger partial charge in [0.15, 0.2) is 0 Å². The largest absolute Gasteiger partial charge is 0.378 e. The van der Waals surface area contributed by atoms with Crippen LogP contribution in [0.15, 0.2) is 42.5 Å². The number of carbonyl (C=O) groups excluding carboxylic acids is 1. The minimum absolute atomic E-state index is 0.0917. The molecule has 26 heavy (non-hydrogen) atoms. The first-order chi connectivity index (χ1) is 12.7. The van der Waals surface area contributed by atoms with Crippen LogP contribution in [0.1, 0.15) is 5.56 Å². The summed E-state index contributed by atoms with van der Waals surface area (Å²) < 4.78 is 5.39. The van der Waals surface area contributed by atoms with E-state index in [2.05, 4.69) is 21.6 Å². The van der Waals surface area contributed by atoms with Gasteiger partial charge in [0.05, 0.1) is 42.8 Å². The van der Waals surface area contributed by atoms with Crippen LogP contribution in [-0.4, -0.2) is 38.8 Å². The summed E-state index contributed by atoms with van der Waals surface area (Å²) in [5, 5.41) is 15.5. The van der Waals surface area contributed by atoms with E-state index in [-0.39, 0.29) is 12.5 Å². The van der Waals surface area contributed by atoms with Crippen LogP contribution in [0, 0.1) is 11.3 Å². The van der Waals surface area contributed by atoms with Gasteiger partial charge >= 0.3 is 0 Å². The van der Waals surface area contributed by atoms with Crippen LogP contribution in [0.4, 0.5) is 17.1 Å². The number of morpholine rings is 1. The van der Waals surface area contributed by atoms with Crippen molar-refractivity contribution < 1.29 is 9.53 Å². The number of nitrogens with zero attached hydrogens (tertiary/aromatic N) is 2. The Morgan fingerprint density at radius 1 is 1.23 bits per heavy atom. The normalized spacial score (nSPS) is 13.8. The molecule has 1 fully saturated rings. The van der Waals surface area contributed by atoms with Crippen molar-refractivity contribution in [2.75, 3.05) is 48.4 Å². The van der Waals surface area contributed by atoms with E-state index in [1.165, 1.54) is 0 Å². The molecule has 3 rings (SSSR count). The average Bonchev–Trinajstić information content (AvgIpc) is 2.67. The number of hydrogen-bond acceptors (Lipinski definition) is 5. The first kappa shape index (κ1) is 18.1. The highest BCUT2D eigenvalue weighted by molar-refractivity contribution is 6.31. The van der Waals surface area contributed by atoms with Gasteiger partial charge in [0.1, 0.15) is 0 Å². The van der Waals surface area contributed by atoms with Gasteiger partial charge in [-0.1, -0.05) is 17.7 Å². The zero-order chi connectivity index (χ0) is 18.4. The summed E-state index contributed by atoms with van der Waals surface area (Å²) in [5.41, 5.74) is 2.90. The number of ether oxygens (including phenoxy) is 1. The number of rotatable bonds is 5. The van der Waals surface area contributed by atoms with E-state index in [0.29, 0.717) is 29.5 Å². The minimum atomic E-state index is -0.201. The van der Waals surface area contributed by atoms with Gasteiger partial charge in [-0.15, -0.1) is 0 Å². The molecule has 1 amide bonds. The summed E-state index contributed by atoms with van der Waals surface area (Å²) in [6.07, 6.45) is 0. The number of amides is 1. The number of anilines is 3. The predicted molar refractivity (Wildman–Crippen MR) is 103 cm³/mol. The number of carbonyl (C=O) groups is 1. The third kappa shape index (κ3) is 4.66. The number of benzene rings is 2. The van der Waals surface area contributed by atoms with Crippen molar-refractivity contribution in [1.82, 2.24) is 0 Å². The van der Waals surface area contributed by atoms with Gasteiger partial charge in [0, 0.05) is 23.8 Å². The van der Waals surface area contributed by atoms with Crippen molar-refractivity contribution >= 4 is 34.6 Å². The number of halogens is 1. The monoisotopic (exact) mass is 370 g/mol. The molecule has 0 radical (unpaired) electrons. The summed E-state index contributed by atoms with van der Waals surface area (Å²) in [4.78, 5) is 14.4. The number of nitrogens with one attached hydrogen (secondary N) is 2. The summed E-state index contributed by atoms with van der Waals surface area (Å²) >= 11 is 6.12. The Hall–Kier alpha value is -2.75. The van der Waals surface area contributed by atoms with E-state index < -0.39 is 0 Å². The lowest BCUT2D eigenvalue weighted by Crippen LogP contribution is -2.36. The van der Waals surface area contributed by atoms with Gasteiger partial charge in [0.25, 0.3) is 0 Å². The second-order valence-electron chi connectivity index (χ2n) is 5.86. The van der Waals surface area contributed by atoms with Crippen molar-refractivity contribution in [3.63, 3.8) is 0 Å². The Labute approximate surface area is 157 Å². The molecule has 2 N–H and O–H groups in total. The van der Waals surface area contributed by atoms with Crippen molar-refractivity contribution in [3.8, 4) is 6.07 Å². The van der Waals surface area contributed by atoms with E-state index >= 15 is 0 Å². The minimum Gasteiger partial charge on any atom is -0.378 e. The van der Waals surface area contributed by atoms with Gasteiger partial charge in [0.2, 0.25) is 5.91 Å². The first-order valence-corrected chi connectivity index (χ1v) is 8.69. The van der Waals surface area contributed by atoms with E-state index in [1.807, 2.05) is 18.2 Å². The maximum absolute atomic E-state index is 12.2. The standard InChI is InChI=1S/C19H19ClN4O2/c20-15-4-5-18(24-6-8-26-9-7-24)17(11-15)22-13-19(25)23-16-3-1-2-14(10-16)12-21/h1-5,10-11,22H,6-9,13H2,(H,23,25). The number of nitriles is 1. The summed E-state index contributed by atoms with van der Waals surface area (Å²) in [7, 11) is 0. The van der Waals surface area contributed by atoms with Gasteiger partial charge in [-0.3, -0.25) is 4.79 Å². The van der Waals surface area contributed by atoms with Gasteiger partial charge in [-0.05, 0) is 36.4 Å². The molecule has 1 aliphatic heterocycles. The Kier molecular flexibility index (Phi) is 5.95. The topological polar surface area (TPSA) is 77.4 Å². The van der Waals surface area contributed by atoms with Crippen molar-refractivity contribution in [2.24, 2.45) is 0 Å². The third-order valence-corrected chi connectivity index (χ3v) is 4.26. The molecule has 2 aromatic carbocycles. The molecule has 0 bridgehead atoms. The van der Waals surface area contributed by atoms with Crippen molar-refractivity contribution in [1.29, 1.82) is 5.26 Å². The SMILES string of the molecule is N#Cc1cccc(NC(=O)CNc2cc(Cl)ccc2N2CCOCC2)c1. The van der Waals surface area contributed by atoms with Gasteiger partial charge < -0.3 is 20.3 Å². The van der Waals surface area contributed by atoms with E-state index in [1.54, 1.807) is 24.3 Å². The zero-order valence-corrected chi connectivity index (χ0v) is 14.9. The molecule has 1 saturated heterocycles. The van der Waals surface area contributed by atoms with Gasteiger partial charge in [-0.25, -0.2) is 0 Å². The smallest absolute Gasteiger partial charge is 0.243 e. The van der Waals surface area contributed by atoms with Crippen LogP contribution in [0.25, 0.3) is 0 Å². The zero-order valence-electron chi connectivity index (χ0n) is 14.2. The molecule has 0 aromatic heterocycles. The molecule has 0 atom stereocenters. The third-order valence-electron chi connectivity index (χ3n) is 4.03. The summed E-state index contributed by atoms with van der Waals surface area (Å²) in [6, 6.07) is 14.5. The van der Waals surface area contributed by atoms with Crippen LogP contribution in [-0.2, 0) is 9.53 Å². The summed E-state index contributed by atoms with van der Waals surface area (Å²) in [6.45, 7) is 3.04. The molecule has 2 aromatic rings. The molecule has 1 heterocycles. The maximum atomic E-state index is 12.2. The quantitative estimate of drug-likeness (QED) is 0.845. The molecular formula is C19H19ClN4O2. The molecular weight excluding hydrogens is 352 g/mol. The van der Waals surface area contributed by atoms with E-state index in [0.717, 1.165) is 24.5 Å². The second-order valence-corrected chi connectivity index (χ2v) is 6.29. The average molecular weight is 371 g/mol. The fraction of sp³-hybridized carbons (Fsp3) is 0.263. The highest BCUT2D eigenvalue weighted by atomic mass is 35.5. The van der Waals surface area contributed by atoms with Crippen molar-refractivity contribution in [2.45, 2.75) is 0 Å². The highest BCUT2D eigenvalue weighted by Crippen LogP contribution is 2.29. The molecule has 0 unspecified atom stereocenters. The fourth-order valence-electron chi connectivity index (χ4n) is 2.78. The second kappa shape index (κ2) is 8.56. The fourth-order valence-corrected chi connectivity index (χ4v) is 2.95. The van der Waals surface area contributed by atoms with E-state index in [9.17, 15) is 4.79 Å². The summed E-state index contributed by atoms with van der Waals surface area (Å²) in [5.74, 6) is -0.201. The Balaban J connectivity index is 1.65. The lowest BCUT2D eigenvalue weighted by molar-refractivity contribution is -0.114. The molecule has 6 nitrogen and oxygen atoms in total. The first-order valence-electron chi connectivity index (χ1n) is 8.32. The lowest BCUT2D eigenvalue weighted by Gasteiger charge is -2.30. The molecule has 7 heteroatoms. The molecule has 0 aliphatic carbocycles. The van der Waals surface area contributed by atoms with Crippen LogP contribution in [0.2, 0.25) is 5.02 Å². The Morgan fingerprint density at radius 2 is 2.04 bits per heavy atom. The van der Waals surface area contributed by atoms with Crippen LogP contribution in [0.3, 0.4) is 0 Å². The molecule has 1 aliphatic rings. The maximum Gasteiger partial charge on any atom is 0.243 e. The predicted octanol–water partition coefficient (Wildman–Crippen LogP) is 3.10. The van der Waals surface area contributed by atoms with Crippen LogP contribution in [0.5, 0.6) is 0 Å². The number of hydrogen-bond donors (Lipinski definition) is 2. The highest BCUT2D eigenvalue weighted by Gasteiger charge is 2.15. The van der Waals surface area contributed by atoms with Crippen LogP contribution >= 0.6 is 11.6 Å².